The fourth-order valence-electron chi connectivity index (χ4n) is 1.71. The van der Waals surface area contributed by atoms with E-state index >= 15 is 0 Å². The Kier molecular flexibility index (Phi) is 0.942. The molecule has 1 aliphatic heterocycles. The number of hydrogen-bond donors (Lipinski definition) is 0. The van der Waals surface area contributed by atoms with Crippen LogP contribution in [0.4, 0.5) is 0 Å². The van der Waals surface area contributed by atoms with E-state index in [1.54, 1.807) is 20.8 Å². The maximum Gasteiger partial charge on any atom is 0.0468 e. The number of likely N-dealkylation sites (tertiary alicyclic amines) is 1. The summed E-state index contributed by atoms with van der Waals surface area (Å²) >= 11 is 0. The average molecular weight is 204 g/mol. The summed E-state index contributed by atoms with van der Waals surface area (Å²) in [4.78, 5) is 0.829. The topological polar surface area (TPSA) is 3.24 Å². The van der Waals surface area contributed by atoms with Gasteiger partial charge in [0.1, 0.15) is 0 Å². The van der Waals surface area contributed by atoms with Gasteiger partial charge in [-0.15, -0.1) is 0 Å². The first-order chi connectivity index (χ1) is 9.81. The largest absolute Gasteiger partial charge is 0.295 e. The monoisotopic (exact) mass is 204 g/mol. The van der Waals surface area contributed by atoms with Gasteiger partial charge >= 0.3 is 0 Å². The molecule has 0 amide bonds. The van der Waals surface area contributed by atoms with Gasteiger partial charge in [-0.25, -0.2) is 0 Å². The number of rotatable bonds is 1. The second kappa shape index (κ2) is 3.23. The van der Waals surface area contributed by atoms with Crippen molar-refractivity contribution in [3.05, 3.63) is 0 Å². The standard InChI is InChI=1S/C13H25N/c1-9(2)12-7-11-6-10(12)8-14(11)13(3,4)5/h9-12H,6-8H2,1-5H3/t10-,11-,12?/m0/s1/i6D2,7D2,8D2,10D,11D,12D. The van der Waals surface area contributed by atoms with Crippen LogP contribution in [0.5, 0.6) is 0 Å². The van der Waals surface area contributed by atoms with Crippen molar-refractivity contribution in [1.82, 2.24) is 4.90 Å². The van der Waals surface area contributed by atoms with Crippen LogP contribution < -0.4 is 0 Å². The minimum Gasteiger partial charge on any atom is -0.295 e. The molecule has 1 heterocycles. The van der Waals surface area contributed by atoms with Gasteiger partial charge in [0.05, 0.1) is 0 Å². The SMILES string of the molecule is [2H]C1([2H])C([2H])(C(C)C)[C@]2([2H])C([2H])([2H])N(C(C)(C)C)[C@@]1([2H])C2([2H])[2H]. The molecule has 1 heteroatoms. The van der Waals surface area contributed by atoms with E-state index in [1.165, 1.54) is 13.8 Å². The van der Waals surface area contributed by atoms with Crippen LogP contribution in [-0.2, 0) is 0 Å². The van der Waals surface area contributed by atoms with Crippen LogP contribution in [0.15, 0.2) is 0 Å². The Balaban J connectivity index is 2.99. The van der Waals surface area contributed by atoms with Crippen molar-refractivity contribution in [2.75, 3.05) is 6.50 Å². The normalized spacial score (nSPS) is 74.6. The molecule has 2 aliphatic rings. The molecule has 0 aromatic carbocycles. The third-order valence-electron chi connectivity index (χ3n) is 2.46. The Morgan fingerprint density at radius 1 is 1.36 bits per heavy atom. The number of piperidine rings is 1. The molecular formula is C13H25N. The van der Waals surface area contributed by atoms with Gasteiger partial charge < -0.3 is 0 Å². The van der Waals surface area contributed by atoms with Crippen LogP contribution in [0.25, 0.3) is 0 Å². The van der Waals surface area contributed by atoms with Gasteiger partial charge in [-0.3, -0.25) is 4.90 Å². The molecule has 0 radical (unpaired) electrons. The third-order valence-corrected chi connectivity index (χ3v) is 2.46. The Bertz CT molecular complexity index is 530. The van der Waals surface area contributed by atoms with Gasteiger partial charge in [0.2, 0.25) is 0 Å². The third kappa shape index (κ3) is 1.60. The molecule has 1 unspecified atom stereocenters. The molecule has 1 aliphatic carbocycles. The van der Waals surface area contributed by atoms with Crippen molar-refractivity contribution >= 4 is 0 Å². The second-order valence-corrected chi connectivity index (χ2v) is 5.16. The van der Waals surface area contributed by atoms with Crippen LogP contribution in [0, 0.1) is 17.7 Å². The fraction of sp³-hybridized carbons (Fsp3) is 1.00. The quantitative estimate of drug-likeness (QED) is 0.634. The lowest BCUT2D eigenvalue weighted by atomic mass is 9.84. The van der Waals surface area contributed by atoms with E-state index in [4.69, 9.17) is 12.3 Å². The van der Waals surface area contributed by atoms with Crippen LogP contribution in [0.3, 0.4) is 0 Å². The minimum absolute atomic E-state index is 0.829. The number of nitrogens with zero attached hydrogens (tertiary/aromatic N) is 1. The number of fused-ring (bicyclic) bond motifs is 2. The van der Waals surface area contributed by atoms with E-state index in [-0.39, 0.29) is 0 Å². The van der Waals surface area contributed by atoms with Crippen LogP contribution in [0.1, 0.15) is 59.7 Å². The van der Waals surface area contributed by atoms with Crippen molar-refractivity contribution in [3.8, 4) is 0 Å². The van der Waals surface area contributed by atoms with Crippen LogP contribution in [-0.4, -0.2) is 23.0 Å². The lowest BCUT2D eigenvalue weighted by molar-refractivity contribution is 0.0669. The molecule has 14 heavy (non-hydrogen) atoms. The predicted molar refractivity (Wildman–Crippen MR) is 61.3 cm³/mol. The first kappa shape index (κ1) is 4.08. The Morgan fingerprint density at radius 2 is 2.00 bits per heavy atom. The maximum atomic E-state index is 8.72. The van der Waals surface area contributed by atoms with Gasteiger partial charge in [-0.1, -0.05) is 13.8 Å². The van der Waals surface area contributed by atoms with E-state index in [0.717, 1.165) is 4.90 Å². The summed E-state index contributed by atoms with van der Waals surface area (Å²) in [6.07, 6.45) is -5.61. The summed E-state index contributed by atoms with van der Waals surface area (Å²) in [5.74, 6) is -5.99. The molecule has 1 saturated heterocycles. The first-order valence-electron chi connectivity index (χ1n) is 9.61. The molecule has 0 N–H and O–H groups in total. The zero-order valence-electron chi connectivity index (χ0n) is 18.5. The van der Waals surface area contributed by atoms with Gasteiger partial charge in [0.15, 0.2) is 0 Å². The van der Waals surface area contributed by atoms with Gasteiger partial charge in [-0.2, -0.15) is 0 Å². The highest BCUT2D eigenvalue weighted by atomic mass is 15.2. The highest BCUT2D eigenvalue weighted by molar-refractivity contribution is 5.01. The van der Waals surface area contributed by atoms with E-state index in [0.29, 0.717) is 0 Å². The van der Waals surface area contributed by atoms with E-state index in [1.807, 2.05) is 0 Å². The van der Waals surface area contributed by atoms with Gasteiger partial charge in [-0.05, 0) is 51.2 Å². The Morgan fingerprint density at radius 3 is 2.50 bits per heavy atom. The van der Waals surface area contributed by atoms with E-state index in [2.05, 4.69) is 0 Å². The molecular weight excluding hydrogens is 170 g/mol. The van der Waals surface area contributed by atoms with E-state index in [9.17, 15) is 0 Å². The molecule has 3 atom stereocenters. The zero-order chi connectivity index (χ0) is 18.7. The Labute approximate surface area is 102 Å². The molecule has 0 aromatic rings. The first-order valence-corrected chi connectivity index (χ1v) is 5.11. The highest BCUT2D eigenvalue weighted by Crippen LogP contribution is 2.47. The summed E-state index contributed by atoms with van der Waals surface area (Å²) in [6.45, 7) is 5.00. The smallest absolute Gasteiger partial charge is 0.0468 e. The molecule has 1 nitrogen and oxygen atoms in total. The summed E-state index contributed by atoms with van der Waals surface area (Å²) in [7, 11) is 0. The van der Waals surface area contributed by atoms with Crippen molar-refractivity contribution in [1.29, 1.82) is 0 Å². The highest BCUT2D eigenvalue weighted by Gasteiger charge is 2.48. The number of hydrogen-bond acceptors (Lipinski definition) is 1. The lowest BCUT2D eigenvalue weighted by Gasteiger charge is -2.41. The van der Waals surface area contributed by atoms with Gasteiger partial charge in [0.25, 0.3) is 0 Å². The Hall–Kier alpha value is -0.0400. The molecule has 2 fully saturated rings. The van der Waals surface area contributed by atoms with Crippen molar-refractivity contribution < 1.29 is 12.3 Å². The van der Waals surface area contributed by atoms with Crippen molar-refractivity contribution in [2.45, 2.75) is 58.9 Å². The summed E-state index contributed by atoms with van der Waals surface area (Å²) in [6, 6.07) is -2.68. The predicted octanol–water partition coefficient (Wildman–Crippen LogP) is 3.15. The second-order valence-electron chi connectivity index (χ2n) is 5.16. The zero-order valence-corrected chi connectivity index (χ0v) is 9.52. The maximum absolute atomic E-state index is 8.72. The summed E-state index contributed by atoms with van der Waals surface area (Å²) in [5.41, 5.74) is -1.09. The fourth-order valence-corrected chi connectivity index (χ4v) is 1.71. The summed E-state index contributed by atoms with van der Waals surface area (Å²) < 4.78 is 76.6. The molecule has 0 spiro atoms. The van der Waals surface area contributed by atoms with Crippen molar-refractivity contribution in [2.24, 2.45) is 17.7 Å². The lowest BCUT2D eigenvalue weighted by Crippen LogP contribution is -2.48. The summed E-state index contributed by atoms with van der Waals surface area (Å²) in [5, 5.41) is 0. The molecule has 2 bridgehead atoms. The molecule has 0 aromatic heterocycles. The average Bonchev–Trinajstić information content (AvgIpc) is 2.45. The molecule has 1 saturated carbocycles. The van der Waals surface area contributed by atoms with Gasteiger partial charge in [0, 0.05) is 30.4 Å². The van der Waals surface area contributed by atoms with E-state index < -0.39 is 48.5 Å². The van der Waals surface area contributed by atoms with Crippen molar-refractivity contribution in [3.63, 3.8) is 0 Å². The van der Waals surface area contributed by atoms with Crippen LogP contribution in [0.2, 0.25) is 0 Å². The molecule has 2 rings (SSSR count). The van der Waals surface area contributed by atoms with Crippen LogP contribution >= 0.6 is 0 Å². The minimum atomic E-state index is -2.87. The molecule has 82 valence electrons.